The molecule has 0 aromatic heterocycles. The Morgan fingerprint density at radius 2 is 1.78 bits per heavy atom. The van der Waals surface area contributed by atoms with Gasteiger partial charge in [-0.2, -0.15) is 0 Å². The molecule has 0 saturated heterocycles. The van der Waals surface area contributed by atoms with Gasteiger partial charge >= 0.3 is 5.97 Å². The van der Waals surface area contributed by atoms with Crippen LogP contribution < -0.4 is 9.47 Å². The van der Waals surface area contributed by atoms with Gasteiger partial charge in [0, 0.05) is 5.56 Å². The van der Waals surface area contributed by atoms with Gasteiger partial charge < -0.3 is 24.8 Å². The molecule has 0 aliphatic rings. The lowest BCUT2D eigenvalue weighted by molar-refractivity contribution is -0.153. The summed E-state index contributed by atoms with van der Waals surface area (Å²) in [7, 11) is 2.80. The number of aliphatic hydroxyl groups excluding tert-OH is 2. The van der Waals surface area contributed by atoms with Crippen molar-refractivity contribution in [3.05, 3.63) is 22.2 Å². The molecule has 2 unspecified atom stereocenters. The number of carboxylic acid groups (broad SMARTS) is 1. The van der Waals surface area contributed by atoms with Crippen LogP contribution in [0.3, 0.4) is 0 Å². The van der Waals surface area contributed by atoms with Gasteiger partial charge in [0.15, 0.2) is 6.10 Å². The smallest absolute Gasteiger partial charge is 0.335 e. The van der Waals surface area contributed by atoms with Crippen LogP contribution in [0.25, 0.3) is 0 Å². The SMILES string of the molecule is COc1cc(C(O)C(O)C(=O)O)c(OC)cc1Br. The van der Waals surface area contributed by atoms with Gasteiger partial charge in [-0.1, -0.05) is 0 Å². The number of halogens is 1. The van der Waals surface area contributed by atoms with Crippen molar-refractivity contribution in [2.75, 3.05) is 14.2 Å². The topological polar surface area (TPSA) is 96.2 Å². The second-order valence-corrected chi connectivity index (χ2v) is 4.31. The molecule has 1 rings (SSSR count). The largest absolute Gasteiger partial charge is 0.496 e. The molecule has 6 nitrogen and oxygen atoms in total. The predicted octanol–water partition coefficient (Wildman–Crippen LogP) is 0.945. The molecule has 7 heteroatoms. The third kappa shape index (κ3) is 2.92. The zero-order valence-corrected chi connectivity index (χ0v) is 11.3. The summed E-state index contributed by atoms with van der Waals surface area (Å²) >= 11 is 3.23. The summed E-state index contributed by atoms with van der Waals surface area (Å²) in [4.78, 5) is 10.6. The van der Waals surface area contributed by atoms with E-state index >= 15 is 0 Å². The van der Waals surface area contributed by atoms with Crippen molar-refractivity contribution in [1.29, 1.82) is 0 Å². The van der Waals surface area contributed by atoms with Gasteiger partial charge in [-0.25, -0.2) is 4.79 Å². The molecule has 0 aliphatic heterocycles. The number of carboxylic acids is 1. The maximum atomic E-state index is 10.6. The minimum Gasteiger partial charge on any atom is -0.496 e. The van der Waals surface area contributed by atoms with Crippen molar-refractivity contribution >= 4 is 21.9 Å². The minimum absolute atomic E-state index is 0.132. The number of carbonyl (C=O) groups is 1. The van der Waals surface area contributed by atoms with Crippen LogP contribution in [0.15, 0.2) is 16.6 Å². The molecule has 1 aromatic carbocycles. The van der Waals surface area contributed by atoms with Crippen LogP contribution in [-0.2, 0) is 4.79 Å². The van der Waals surface area contributed by atoms with E-state index in [2.05, 4.69) is 15.9 Å². The zero-order valence-electron chi connectivity index (χ0n) is 9.75. The average molecular weight is 321 g/mol. The molecule has 0 heterocycles. The van der Waals surface area contributed by atoms with Gasteiger partial charge in [0.05, 0.1) is 18.7 Å². The lowest BCUT2D eigenvalue weighted by atomic mass is 10.0. The van der Waals surface area contributed by atoms with Crippen molar-refractivity contribution < 1.29 is 29.6 Å². The molecule has 100 valence electrons. The fourth-order valence-corrected chi connectivity index (χ4v) is 1.90. The lowest BCUT2D eigenvalue weighted by Crippen LogP contribution is -2.27. The fraction of sp³-hybridized carbons (Fsp3) is 0.364. The Balaban J connectivity index is 3.25. The van der Waals surface area contributed by atoms with Crippen LogP contribution in [-0.4, -0.2) is 41.6 Å². The summed E-state index contributed by atoms with van der Waals surface area (Å²) < 4.78 is 10.6. The molecule has 0 spiro atoms. The van der Waals surface area contributed by atoms with Crippen LogP contribution >= 0.6 is 15.9 Å². The molecule has 1 aromatic rings. The van der Waals surface area contributed by atoms with Crippen molar-refractivity contribution in [3.8, 4) is 11.5 Å². The molecular formula is C11H13BrO6. The van der Waals surface area contributed by atoms with E-state index in [-0.39, 0.29) is 11.3 Å². The number of benzene rings is 1. The normalized spacial score (nSPS) is 13.8. The van der Waals surface area contributed by atoms with Crippen LogP contribution in [0, 0.1) is 0 Å². The molecule has 0 amide bonds. The van der Waals surface area contributed by atoms with E-state index in [0.29, 0.717) is 10.2 Å². The van der Waals surface area contributed by atoms with E-state index in [9.17, 15) is 15.0 Å². The molecule has 0 saturated carbocycles. The first-order valence-corrected chi connectivity index (χ1v) is 5.72. The van der Waals surface area contributed by atoms with Crippen LogP contribution in [0.4, 0.5) is 0 Å². The highest BCUT2D eigenvalue weighted by molar-refractivity contribution is 9.10. The maximum Gasteiger partial charge on any atom is 0.335 e. The number of aliphatic hydroxyl groups is 2. The van der Waals surface area contributed by atoms with Gasteiger partial charge in [-0.05, 0) is 28.1 Å². The minimum atomic E-state index is -1.94. The summed E-state index contributed by atoms with van der Waals surface area (Å²) in [6.45, 7) is 0. The molecule has 3 N–H and O–H groups in total. The Morgan fingerprint density at radius 1 is 1.22 bits per heavy atom. The standard InChI is InChI=1S/C11H13BrO6/c1-17-7-4-6(12)8(18-2)3-5(7)9(13)10(14)11(15)16/h3-4,9-10,13-14H,1-2H3,(H,15,16). The first kappa shape index (κ1) is 14.7. The number of methoxy groups -OCH3 is 2. The van der Waals surface area contributed by atoms with Crippen molar-refractivity contribution in [2.45, 2.75) is 12.2 Å². The molecule has 0 radical (unpaired) electrons. The average Bonchev–Trinajstić information content (AvgIpc) is 2.36. The summed E-state index contributed by atoms with van der Waals surface area (Å²) in [5, 5.41) is 27.8. The van der Waals surface area contributed by atoms with Gasteiger partial charge in [0.1, 0.15) is 17.6 Å². The van der Waals surface area contributed by atoms with E-state index in [0.717, 1.165) is 0 Å². The summed E-state index contributed by atoms with van der Waals surface area (Å²) in [6, 6.07) is 2.92. The Labute approximate surface area is 112 Å². The highest BCUT2D eigenvalue weighted by Crippen LogP contribution is 2.36. The van der Waals surface area contributed by atoms with Crippen molar-refractivity contribution in [2.24, 2.45) is 0 Å². The van der Waals surface area contributed by atoms with E-state index in [4.69, 9.17) is 14.6 Å². The Hall–Kier alpha value is -1.31. The Bertz CT molecular complexity index is 447. The molecule has 0 bridgehead atoms. The lowest BCUT2D eigenvalue weighted by Gasteiger charge is -2.18. The number of ether oxygens (including phenoxy) is 2. The van der Waals surface area contributed by atoms with E-state index in [1.165, 1.54) is 26.4 Å². The van der Waals surface area contributed by atoms with Gasteiger partial charge in [0.25, 0.3) is 0 Å². The summed E-state index contributed by atoms with van der Waals surface area (Å²) in [6.07, 6.45) is -3.55. The molecule has 2 atom stereocenters. The van der Waals surface area contributed by atoms with Crippen molar-refractivity contribution in [3.63, 3.8) is 0 Å². The first-order valence-electron chi connectivity index (χ1n) is 4.92. The van der Waals surface area contributed by atoms with Crippen LogP contribution in [0.2, 0.25) is 0 Å². The van der Waals surface area contributed by atoms with Gasteiger partial charge in [-0.15, -0.1) is 0 Å². The fourth-order valence-electron chi connectivity index (χ4n) is 1.42. The highest BCUT2D eigenvalue weighted by Gasteiger charge is 2.28. The maximum absolute atomic E-state index is 10.6. The van der Waals surface area contributed by atoms with E-state index in [1.807, 2.05) is 0 Å². The number of aliphatic carboxylic acids is 1. The quantitative estimate of drug-likeness (QED) is 0.747. The third-order valence-electron chi connectivity index (χ3n) is 2.37. The number of rotatable bonds is 5. The second kappa shape index (κ2) is 6.03. The van der Waals surface area contributed by atoms with E-state index < -0.39 is 18.2 Å². The zero-order chi connectivity index (χ0) is 13.9. The predicted molar refractivity (Wildman–Crippen MR) is 65.8 cm³/mol. The summed E-state index contributed by atoms with van der Waals surface area (Å²) in [5.41, 5.74) is 0.132. The number of hydrogen-bond donors (Lipinski definition) is 3. The monoisotopic (exact) mass is 320 g/mol. The molecular weight excluding hydrogens is 308 g/mol. The summed E-state index contributed by atoms with van der Waals surface area (Å²) in [5.74, 6) is -0.885. The second-order valence-electron chi connectivity index (χ2n) is 3.46. The molecule has 0 fully saturated rings. The first-order chi connectivity index (χ1) is 8.42. The Kier molecular flexibility index (Phi) is 4.94. The molecule has 18 heavy (non-hydrogen) atoms. The number of hydrogen-bond acceptors (Lipinski definition) is 5. The van der Waals surface area contributed by atoms with Gasteiger partial charge in [-0.3, -0.25) is 0 Å². The van der Waals surface area contributed by atoms with Gasteiger partial charge in [0.2, 0.25) is 0 Å². The van der Waals surface area contributed by atoms with Crippen molar-refractivity contribution in [1.82, 2.24) is 0 Å². The van der Waals surface area contributed by atoms with E-state index in [1.54, 1.807) is 0 Å². The highest BCUT2D eigenvalue weighted by atomic mass is 79.9. The third-order valence-corrected chi connectivity index (χ3v) is 2.99. The van der Waals surface area contributed by atoms with Crippen LogP contribution in [0.5, 0.6) is 11.5 Å². The molecule has 0 aliphatic carbocycles. The Morgan fingerprint density at radius 3 is 2.22 bits per heavy atom. The van der Waals surface area contributed by atoms with Crippen LogP contribution in [0.1, 0.15) is 11.7 Å².